The maximum absolute atomic E-state index is 12.4. The van der Waals surface area contributed by atoms with Gasteiger partial charge in [0.05, 0.1) is 6.61 Å². The molecule has 6 nitrogen and oxygen atoms in total. The molecule has 28 heavy (non-hydrogen) atoms. The van der Waals surface area contributed by atoms with Gasteiger partial charge in [0, 0.05) is 31.5 Å². The Labute approximate surface area is 164 Å². The molecule has 2 aromatic carbocycles. The molecule has 0 bridgehead atoms. The molecule has 0 saturated heterocycles. The fraction of sp³-hybridized carbons (Fsp3) is 0.182. The van der Waals surface area contributed by atoms with Gasteiger partial charge in [-0.1, -0.05) is 18.2 Å². The number of nitrogens with one attached hydrogen (secondary N) is 1. The summed E-state index contributed by atoms with van der Waals surface area (Å²) in [5.74, 6) is 1.74. The Kier molecular flexibility index (Phi) is 6.98. The van der Waals surface area contributed by atoms with Gasteiger partial charge in [-0.3, -0.25) is 4.79 Å². The van der Waals surface area contributed by atoms with Crippen molar-refractivity contribution in [3.05, 3.63) is 84.1 Å². The van der Waals surface area contributed by atoms with Crippen molar-refractivity contribution in [1.29, 1.82) is 0 Å². The Bertz CT molecular complexity index is 883. The van der Waals surface area contributed by atoms with Crippen LogP contribution in [0.3, 0.4) is 0 Å². The Morgan fingerprint density at radius 3 is 2.57 bits per heavy atom. The van der Waals surface area contributed by atoms with Crippen LogP contribution < -0.4 is 14.8 Å². The average Bonchev–Trinajstić information content (AvgIpc) is 2.74. The average molecular weight is 378 g/mol. The number of hydrogen-bond donors (Lipinski definition) is 1. The van der Waals surface area contributed by atoms with Crippen molar-refractivity contribution in [2.24, 2.45) is 0 Å². The van der Waals surface area contributed by atoms with Crippen LogP contribution in [-0.2, 0) is 11.3 Å². The number of amides is 1. The van der Waals surface area contributed by atoms with Crippen molar-refractivity contribution in [2.75, 3.05) is 20.3 Å². The van der Waals surface area contributed by atoms with Crippen LogP contribution in [0.2, 0.25) is 0 Å². The number of carbonyl (C=O) groups is 1. The van der Waals surface area contributed by atoms with E-state index in [9.17, 15) is 4.79 Å². The van der Waals surface area contributed by atoms with E-state index in [0.717, 1.165) is 5.56 Å². The molecular weight excluding hydrogens is 356 g/mol. The molecule has 6 heteroatoms. The van der Waals surface area contributed by atoms with E-state index in [1.165, 1.54) is 0 Å². The van der Waals surface area contributed by atoms with E-state index in [1.54, 1.807) is 43.6 Å². The monoisotopic (exact) mass is 378 g/mol. The lowest BCUT2D eigenvalue weighted by atomic mass is 10.2. The maximum atomic E-state index is 12.4. The minimum atomic E-state index is -0.153. The molecule has 0 saturated carbocycles. The first-order chi connectivity index (χ1) is 13.7. The number of aromatic nitrogens is 1. The van der Waals surface area contributed by atoms with E-state index in [-0.39, 0.29) is 5.91 Å². The van der Waals surface area contributed by atoms with Crippen molar-refractivity contribution in [3.63, 3.8) is 0 Å². The molecule has 0 aliphatic heterocycles. The molecule has 0 unspecified atom stereocenters. The van der Waals surface area contributed by atoms with Gasteiger partial charge < -0.3 is 19.5 Å². The van der Waals surface area contributed by atoms with Crippen molar-refractivity contribution >= 4 is 5.91 Å². The molecule has 0 aliphatic carbocycles. The zero-order valence-electron chi connectivity index (χ0n) is 15.6. The number of benzene rings is 2. The van der Waals surface area contributed by atoms with Crippen molar-refractivity contribution in [2.45, 2.75) is 6.54 Å². The molecular formula is C22H22N2O4. The van der Waals surface area contributed by atoms with Gasteiger partial charge >= 0.3 is 0 Å². The van der Waals surface area contributed by atoms with Crippen LogP contribution in [0.5, 0.6) is 17.4 Å². The van der Waals surface area contributed by atoms with Crippen LogP contribution >= 0.6 is 0 Å². The standard InChI is InChI=1S/C22H22N2O4/c1-26-13-14-27-19-10-8-18(9-11-19)22(25)24-16-17-5-4-6-20(15-17)28-21-7-2-3-12-23-21/h2-12,15H,13-14,16H2,1H3,(H,24,25). The summed E-state index contributed by atoms with van der Waals surface area (Å²) in [7, 11) is 1.62. The molecule has 0 fully saturated rings. The largest absolute Gasteiger partial charge is 0.491 e. The van der Waals surface area contributed by atoms with Gasteiger partial charge in [0.2, 0.25) is 5.88 Å². The molecule has 1 amide bonds. The Balaban J connectivity index is 1.53. The van der Waals surface area contributed by atoms with E-state index >= 15 is 0 Å². The van der Waals surface area contributed by atoms with Gasteiger partial charge in [0.15, 0.2) is 0 Å². The summed E-state index contributed by atoms with van der Waals surface area (Å²) in [5, 5.41) is 2.91. The summed E-state index contributed by atoms with van der Waals surface area (Å²) < 4.78 is 16.2. The first-order valence-electron chi connectivity index (χ1n) is 8.92. The zero-order chi connectivity index (χ0) is 19.6. The van der Waals surface area contributed by atoms with Crippen LogP contribution in [0, 0.1) is 0 Å². The van der Waals surface area contributed by atoms with E-state index in [0.29, 0.717) is 42.7 Å². The molecule has 1 aromatic heterocycles. The lowest BCUT2D eigenvalue weighted by molar-refractivity contribution is 0.0950. The highest BCUT2D eigenvalue weighted by Gasteiger charge is 2.06. The second-order valence-electron chi connectivity index (χ2n) is 5.97. The Morgan fingerprint density at radius 1 is 0.964 bits per heavy atom. The summed E-state index contributed by atoms with van der Waals surface area (Å²) in [6, 6.07) is 20.0. The topological polar surface area (TPSA) is 69.7 Å². The lowest BCUT2D eigenvalue weighted by Crippen LogP contribution is -2.22. The highest BCUT2D eigenvalue weighted by molar-refractivity contribution is 5.94. The molecule has 0 spiro atoms. The van der Waals surface area contributed by atoms with Gasteiger partial charge in [0.1, 0.15) is 18.1 Å². The second kappa shape index (κ2) is 10.1. The van der Waals surface area contributed by atoms with E-state index in [2.05, 4.69) is 10.3 Å². The number of nitrogens with zero attached hydrogens (tertiary/aromatic N) is 1. The normalized spacial score (nSPS) is 10.3. The number of pyridine rings is 1. The summed E-state index contributed by atoms with van der Waals surface area (Å²) in [6.45, 7) is 1.38. The summed E-state index contributed by atoms with van der Waals surface area (Å²) >= 11 is 0. The Hall–Kier alpha value is -3.38. The fourth-order valence-electron chi connectivity index (χ4n) is 2.48. The lowest BCUT2D eigenvalue weighted by Gasteiger charge is -2.09. The predicted molar refractivity (Wildman–Crippen MR) is 106 cm³/mol. The van der Waals surface area contributed by atoms with Crippen LogP contribution in [0.4, 0.5) is 0 Å². The second-order valence-corrected chi connectivity index (χ2v) is 5.97. The number of hydrogen-bond acceptors (Lipinski definition) is 5. The first kappa shape index (κ1) is 19.4. The van der Waals surface area contributed by atoms with Crippen LogP contribution in [-0.4, -0.2) is 31.2 Å². The van der Waals surface area contributed by atoms with E-state index in [4.69, 9.17) is 14.2 Å². The fourth-order valence-corrected chi connectivity index (χ4v) is 2.48. The quantitative estimate of drug-likeness (QED) is 0.573. The van der Waals surface area contributed by atoms with Crippen LogP contribution in [0.15, 0.2) is 72.9 Å². The van der Waals surface area contributed by atoms with Gasteiger partial charge in [-0.15, -0.1) is 0 Å². The number of methoxy groups -OCH3 is 1. The van der Waals surface area contributed by atoms with Gasteiger partial charge in [-0.05, 0) is 48.0 Å². The van der Waals surface area contributed by atoms with Gasteiger partial charge in [-0.25, -0.2) is 4.98 Å². The number of ether oxygens (including phenoxy) is 3. The first-order valence-corrected chi connectivity index (χ1v) is 8.92. The predicted octanol–water partition coefficient (Wildman–Crippen LogP) is 3.83. The SMILES string of the molecule is COCCOc1ccc(C(=O)NCc2cccc(Oc3ccccn3)c2)cc1. The van der Waals surface area contributed by atoms with Crippen LogP contribution in [0.25, 0.3) is 0 Å². The highest BCUT2D eigenvalue weighted by atomic mass is 16.5. The maximum Gasteiger partial charge on any atom is 0.251 e. The smallest absolute Gasteiger partial charge is 0.251 e. The number of carbonyl (C=O) groups excluding carboxylic acids is 1. The minimum absolute atomic E-state index is 0.153. The highest BCUT2D eigenvalue weighted by Crippen LogP contribution is 2.20. The summed E-state index contributed by atoms with van der Waals surface area (Å²) in [5.41, 5.74) is 1.50. The van der Waals surface area contributed by atoms with E-state index in [1.807, 2.05) is 36.4 Å². The molecule has 0 radical (unpaired) electrons. The van der Waals surface area contributed by atoms with Gasteiger partial charge in [-0.2, -0.15) is 0 Å². The molecule has 3 rings (SSSR count). The van der Waals surface area contributed by atoms with Gasteiger partial charge in [0.25, 0.3) is 5.91 Å². The molecule has 1 heterocycles. The van der Waals surface area contributed by atoms with E-state index < -0.39 is 0 Å². The third kappa shape index (κ3) is 5.82. The zero-order valence-corrected chi connectivity index (χ0v) is 15.6. The molecule has 0 aliphatic rings. The Morgan fingerprint density at radius 2 is 1.82 bits per heavy atom. The molecule has 0 atom stereocenters. The molecule has 144 valence electrons. The minimum Gasteiger partial charge on any atom is -0.491 e. The third-order valence-electron chi connectivity index (χ3n) is 3.88. The van der Waals surface area contributed by atoms with Crippen LogP contribution in [0.1, 0.15) is 15.9 Å². The van der Waals surface area contributed by atoms with Crippen molar-refractivity contribution < 1.29 is 19.0 Å². The van der Waals surface area contributed by atoms with Crippen molar-refractivity contribution in [1.82, 2.24) is 10.3 Å². The van der Waals surface area contributed by atoms with Crippen molar-refractivity contribution in [3.8, 4) is 17.4 Å². The third-order valence-corrected chi connectivity index (χ3v) is 3.88. The molecule has 1 N–H and O–H groups in total. The summed E-state index contributed by atoms with van der Waals surface area (Å²) in [4.78, 5) is 16.5. The molecule has 3 aromatic rings. The number of rotatable bonds is 9. The summed E-state index contributed by atoms with van der Waals surface area (Å²) in [6.07, 6.45) is 1.67.